The van der Waals surface area contributed by atoms with Crippen LogP contribution in [0.15, 0.2) is 59.1 Å². The molecule has 1 unspecified atom stereocenters. The zero-order valence-corrected chi connectivity index (χ0v) is 15.6. The summed E-state index contributed by atoms with van der Waals surface area (Å²) in [5, 5.41) is 0. The molecule has 0 N–H and O–H groups in total. The third-order valence-electron chi connectivity index (χ3n) is 5.03. The van der Waals surface area contributed by atoms with Gasteiger partial charge in [-0.25, -0.2) is 9.37 Å². The van der Waals surface area contributed by atoms with Crippen molar-refractivity contribution in [1.29, 1.82) is 0 Å². The Bertz CT molecular complexity index is 985. The first-order valence-electron chi connectivity index (χ1n) is 9.29. The molecule has 144 valence electrons. The molecule has 1 saturated heterocycles. The molecule has 0 saturated carbocycles. The fourth-order valence-electron chi connectivity index (χ4n) is 3.65. The van der Waals surface area contributed by atoms with Crippen LogP contribution < -0.4 is 4.74 Å². The minimum atomic E-state index is -0.512. The molecule has 0 aliphatic carbocycles. The highest BCUT2D eigenvalue weighted by atomic mass is 19.1. The Morgan fingerprint density at radius 3 is 2.86 bits per heavy atom. The molecular weight excluding hydrogens is 359 g/mol. The second-order valence-electron chi connectivity index (χ2n) is 6.79. The molecule has 0 bridgehead atoms. The zero-order valence-electron chi connectivity index (χ0n) is 15.6. The Morgan fingerprint density at radius 2 is 2.04 bits per heavy atom. The Morgan fingerprint density at radius 1 is 1.25 bits per heavy atom. The highest BCUT2D eigenvalue weighted by Crippen LogP contribution is 2.33. The maximum Gasteiger partial charge on any atom is 0.257 e. The van der Waals surface area contributed by atoms with Crippen LogP contribution in [-0.2, 0) is 6.42 Å². The highest BCUT2D eigenvalue weighted by molar-refractivity contribution is 5.94. The number of ether oxygens (including phenoxy) is 1. The number of oxazole rings is 1. The number of nitrogens with zero attached hydrogens (tertiary/aromatic N) is 2. The number of amides is 1. The van der Waals surface area contributed by atoms with Crippen LogP contribution in [0.1, 0.15) is 46.5 Å². The van der Waals surface area contributed by atoms with Crippen LogP contribution in [0.25, 0.3) is 0 Å². The number of rotatable bonds is 5. The minimum Gasteiger partial charge on any atom is -0.496 e. The van der Waals surface area contributed by atoms with Gasteiger partial charge in [0.05, 0.1) is 18.9 Å². The van der Waals surface area contributed by atoms with Gasteiger partial charge in [0.15, 0.2) is 0 Å². The molecule has 1 atom stereocenters. The molecule has 1 fully saturated rings. The lowest BCUT2D eigenvalue weighted by atomic mass is 10.1. The fraction of sp³-hybridized carbons (Fsp3) is 0.273. The van der Waals surface area contributed by atoms with E-state index >= 15 is 0 Å². The SMILES string of the molecule is COc1ccccc1Cc1cnc(C2CCCN2C(=O)c2ccccc2F)o1. The minimum absolute atomic E-state index is 0.0789. The van der Waals surface area contributed by atoms with Crippen molar-refractivity contribution >= 4 is 5.91 Å². The van der Waals surface area contributed by atoms with Gasteiger partial charge in [0.2, 0.25) is 5.89 Å². The van der Waals surface area contributed by atoms with Gasteiger partial charge < -0.3 is 14.1 Å². The molecule has 1 aliphatic heterocycles. The van der Waals surface area contributed by atoms with Gasteiger partial charge in [-0.05, 0) is 31.0 Å². The smallest absolute Gasteiger partial charge is 0.257 e. The predicted molar refractivity (Wildman–Crippen MR) is 102 cm³/mol. The molecule has 1 aromatic heterocycles. The summed E-state index contributed by atoms with van der Waals surface area (Å²) in [4.78, 5) is 18.9. The number of halogens is 1. The van der Waals surface area contributed by atoms with Gasteiger partial charge in [0.25, 0.3) is 5.91 Å². The number of likely N-dealkylation sites (tertiary alicyclic amines) is 1. The van der Waals surface area contributed by atoms with E-state index in [0.29, 0.717) is 24.6 Å². The lowest BCUT2D eigenvalue weighted by Crippen LogP contribution is -2.31. The third-order valence-corrected chi connectivity index (χ3v) is 5.03. The van der Waals surface area contributed by atoms with Gasteiger partial charge in [-0.3, -0.25) is 4.79 Å². The summed E-state index contributed by atoms with van der Waals surface area (Å²) in [6.07, 6.45) is 3.81. The molecule has 5 nitrogen and oxygen atoms in total. The van der Waals surface area contributed by atoms with Crippen molar-refractivity contribution in [2.24, 2.45) is 0 Å². The lowest BCUT2D eigenvalue weighted by molar-refractivity contribution is 0.0710. The van der Waals surface area contributed by atoms with Crippen molar-refractivity contribution in [3.05, 3.63) is 83.3 Å². The monoisotopic (exact) mass is 380 g/mol. The number of aromatic nitrogens is 1. The van der Waals surface area contributed by atoms with E-state index in [-0.39, 0.29) is 17.5 Å². The molecule has 2 heterocycles. The number of para-hydroxylation sites is 1. The Hall–Kier alpha value is -3.15. The van der Waals surface area contributed by atoms with E-state index in [2.05, 4.69) is 4.98 Å². The summed E-state index contributed by atoms with van der Waals surface area (Å²) in [5.74, 6) is 1.14. The van der Waals surface area contributed by atoms with Crippen LogP contribution in [0.2, 0.25) is 0 Å². The Labute approximate surface area is 162 Å². The molecule has 4 rings (SSSR count). The number of benzene rings is 2. The van der Waals surface area contributed by atoms with E-state index in [9.17, 15) is 9.18 Å². The average molecular weight is 380 g/mol. The maximum atomic E-state index is 14.0. The summed E-state index contributed by atoms with van der Waals surface area (Å²) in [6.45, 7) is 0.558. The maximum absolute atomic E-state index is 14.0. The number of methoxy groups -OCH3 is 1. The van der Waals surface area contributed by atoms with Crippen LogP contribution in [0.5, 0.6) is 5.75 Å². The summed E-state index contributed by atoms with van der Waals surface area (Å²) in [6, 6.07) is 13.5. The van der Waals surface area contributed by atoms with E-state index in [1.165, 1.54) is 12.1 Å². The van der Waals surface area contributed by atoms with Crippen molar-refractivity contribution in [2.75, 3.05) is 13.7 Å². The average Bonchev–Trinajstić information content (AvgIpc) is 3.37. The number of carbonyl (C=O) groups is 1. The fourth-order valence-corrected chi connectivity index (χ4v) is 3.65. The van der Waals surface area contributed by atoms with Gasteiger partial charge in [0, 0.05) is 18.5 Å². The van der Waals surface area contributed by atoms with Gasteiger partial charge in [-0.1, -0.05) is 30.3 Å². The van der Waals surface area contributed by atoms with Crippen LogP contribution in [0, 0.1) is 5.82 Å². The van der Waals surface area contributed by atoms with Gasteiger partial charge in [0.1, 0.15) is 23.4 Å². The zero-order chi connectivity index (χ0) is 19.5. The number of hydrogen-bond donors (Lipinski definition) is 0. The van der Waals surface area contributed by atoms with Crippen molar-refractivity contribution < 1.29 is 18.3 Å². The quantitative estimate of drug-likeness (QED) is 0.659. The molecule has 1 amide bonds. The number of hydrogen-bond acceptors (Lipinski definition) is 4. The first-order valence-corrected chi connectivity index (χ1v) is 9.29. The van der Waals surface area contributed by atoms with E-state index in [4.69, 9.17) is 9.15 Å². The third kappa shape index (κ3) is 3.50. The summed E-state index contributed by atoms with van der Waals surface area (Å²) < 4.78 is 25.4. The summed E-state index contributed by atoms with van der Waals surface area (Å²) in [7, 11) is 1.63. The molecule has 0 radical (unpaired) electrons. The molecule has 1 aliphatic rings. The van der Waals surface area contributed by atoms with E-state index < -0.39 is 5.82 Å². The van der Waals surface area contributed by atoms with E-state index in [1.807, 2.05) is 24.3 Å². The number of carbonyl (C=O) groups excluding carboxylic acids is 1. The van der Waals surface area contributed by atoms with Gasteiger partial charge in [-0.15, -0.1) is 0 Å². The Balaban J connectivity index is 1.54. The van der Waals surface area contributed by atoms with E-state index in [0.717, 1.165) is 24.2 Å². The second kappa shape index (κ2) is 7.84. The highest BCUT2D eigenvalue weighted by Gasteiger charge is 2.34. The molecule has 3 aromatic rings. The summed E-state index contributed by atoms with van der Waals surface area (Å²) in [5.41, 5.74) is 1.08. The van der Waals surface area contributed by atoms with Gasteiger partial charge in [-0.2, -0.15) is 0 Å². The first kappa shape index (κ1) is 18.2. The lowest BCUT2D eigenvalue weighted by Gasteiger charge is -2.22. The van der Waals surface area contributed by atoms with Crippen LogP contribution in [0.4, 0.5) is 4.39 Å². The second-order valence-corrected chi connectivity index (χ2v) is 6.79. The van der Waals surface area contributed by atoms with Crippen molar-refractivity contribution in [3.8, 4) is 5.75 Å². The Kier molecular flexibility index (Phi) is 5.10. The van der Waals surface area contributed by atoms with Crippen molar-refractivity contribution in [3.63, 3.8) is 0 Å². The topological polar surface area (TPSA) is 55.6 Å². The standard InChI is InChI=1S/C22H21FN2O3/c1-27-20-11-5-2-7-15(20)13-16-14-24-21(28-16)19-10-6-12-25(19)22(26)17-8-3-4-9-18(17)23/h2-5,7-9,11,14,19H,6,10,12-13H2,1H3. The van der Waals surface area contributed by atoms with E-state index in [1.54, 1.807) is 30.3 Å². The molecule has 28 heavy (non-hydrogen) atoms. The van der Waals surface area contributed by atoms with Crippen molar-refractivity contribution in [1.82, 2.24) is 9.88 Å². The molecular formula is C22H21FN2O3. The van der Waals surface area contributed by atoms with Crippen LogP contribution in [0.3, 0.4) is 0 Å². The molecule has 2 aromatic carbocycles. The van der Waals surface area contributed by atoms with Crippen molar-refractivity contribution in [2.45, 2.75) is 25.3 Å². The first-order chi connectivity index (χ1) is 13.7. The largest absolute Gasteiger partial charge is 0.496 e. The summed E-state index contributed by atoms with van der Waals surface area (Å²) >= 11 is 0. The van der Waals surface area contributed by atoms with Gasteiger partial charge >= 0.3 is 0 Å². The van der Waals surface area contributed by atoms with Crippen LogP contribution >= 0.6 is 0 Å². The molecule has 6 heteroatoms. The molecule has 0 spiro atoms. The predicted octanol–water partition coefficient (Wildman–Crippen LogP) is 4.39. The van der Waals surface area contributed by atoms with Crippen LogP contribution in [-0.4, -0.2) is 29.4 Å². The normalized spacial score (nSPS) is 16.4.